The number of non-ortho nitro benzene ring substituents is 1. The van der Waals surface area contributed by atoms with Gasteiger partial charge in [-0.15, -0.1) is 0 Å². The van der Waals surface area contributed by atoms with Crippen LogP contribution in [-0.2, 0) is 4.79 Å². The van der Waals surface area contributed by atoms with Gasteiger partial charge in [-0.05, 0) is 6.07 Å². The van der Waals surface area contributed by atoms with Crippen molar-refractivity contribution >= 4 is 27.9 Å². The summed E-state index contributed by atoms with van der Waals surface area (Å²) in [6.07, 6.45) is 0.993. The summed E-state index contributed by atoms with van der Waals surface area (Å²) >= 11 is 3.14. The van der Waals surface area contributed by atoms with Crippen LogP contribution in [0.4, 0.5) is 5.69 Å². The molecule has 0 fully saturated rings. The van der Waals surface area contributed by atoms with E-state index in [-0.39, 0.29) is 18.7 Å². The van der Waals surface area contributed by atoms with Crippen molar-refractivity contribution in [3.8, 4) is 5.75 Å². The van der Waals surface area contributed by atoms with Crippen LogP contribution in [0.15, 0.2) is 22.7 Å². The lowest BCUT2D eigenvalue weighted by atomic mass is 10.3. The molecule has 1 aromatic rings. The number of nitro benzene ring substituents is 1. The predicted octanol–water partition coefficient (Wildman–Crippen LogP) is 2.33. The number of aldehydes is 1. The zero-order valence-corrected chi connectivity index (χ0v) is 9.27. The fourth-order valence-corrected chi connectivity index (χ4v) is 1.42. The number of nitro groups is 1. The summed E-state index contributed by atoms with van der Waals surface area (Å²) < 4.78 is 5.72. The van der Waals surface area contributed by atoms with Gasteiger partial charge >= 0.3 is 0 Å². The summed E-state index contributed by atoms with van der Waals surface area (Å²) in [4.78, 5) is 20.0. The molecule has 1 aromatic carbocycles. The van der Waals surface area contributed by atoms with Gasteiger partial charge in [0.25, 0.3) is 5.69 Å². The number of rotatable bonds is 5. The van der Waals surface area contributed by atoms with E-state index in [0.717, 1.165) is 6.29 Å². The Bertz CT molecular complexity index is 380. The lowest BCUT2D eigenvalue weighted by Crippen LogP contribution is -1.98. The van der Waals surface area contributed by atoms with Crippen molar-refractivity contribution < 1.29 is 14.5 Å². The standard InChI is InChI=1S/C9H8BrNO4/c10-7-4-8(11(13)14)6-9(5-7)15-3-1-2-12/h2,4-6H,1,3H2. The number of hydrogen-bond donors (Lipinski definition) is 0. The normalized spacial score (nSPS) is 9.67. The van der Waals surface area contributed by atoms with Gasteiger partial charge in [0.15, 0.2) is 0 Å². The van der Waals surface area contributed by atoms with Crippen LogP contribution in [0.25, 0.3) is 0 Å². The van der Waals surface area contributed by atoms with Gasteiger partial charge in [-0.2, -0.15) is 0 Å². The Morgan fingerprint density at radius 2 is 2.20 bits per heavy atom. The molecule has 0 aliphatic rings. The molecule has 0 bridgehead atoms. The highest BCUT2D eigenvalue weighted by atomic mass is 79.9. The van der Waals surface area contributed by atoms with Crippen molar-refractivity contribution in [2.75, 3.05) is 6.61 Å². The summed E-state index contributed by atoms with van der Waals surface area (Å²) in [5, 5.41) is 10.5. The van der Waals surface area contributed by atoms with Crippen LogP contribution >= 0.6 is 15.9 Å². The second-order valence-corrected chi connectivity index (χ2v) is 3.62. The third kappa shape index (κ3) is 3.67. The zero-order chi connectivity index (χ0) is 11.3. The van der Waals surface area contributed by atoms with Crippen LogP contribution in [-0.4, -0.2) is 17.8 Å². The molecular formula is C9H8BrNO4. The molecule has 15 heavy (non-hydrogen) atoms. The van der Waals surface area contributed by atoms with E-state index in [1.807, 2.05) is 0 Å². The summed E-state index contributed by atoms with van der Waals surface area (Å²) in [5.74, 6) is 0.373. The van der Waals surface area contributed by atoms with Crippen molar-refractivity contribution in [2.24, 2.45) is 0 Å². The molecule has 0 radical (unpaired) electrons. The van der Waals surface area contributed by atoms with Gasteiger partial charge in [-0.25, -0.2) is 0 Å². The molecule has 1 rings (SSSR count). The third-order valence-electron chi connectivity index (χ3n) is 1.57. The first kappa shape index (κ1) is 11.6. The van der Waals surface area contributed by atoms with Crippen molar-refractivity contribution in [3.63, 3.8) is 0 Å². The van der Waals surface area contributed by atoms with E-state index in [9.17, 15) is 14.9 Å². The lowest BCUT2D eigenvalue weighted by Gasteiger charge is -2.04. The Morgan fingerprint density at radius 1 is 1.47 bits per heavy atom. The first-order valence-electron chi connectivity index (χ1n) is 4.15. The van der Waals surface area contributed by atoms with Crippen molar-refractivity contribution in [3.05, 3.63) is 32.8 Å². The van der Waals surface area contributed by atoms with Gasteiger partial charge in [0, 0.05) is 17.0 Å². The maximum Gasteiger partial charge on any atom is 0.274 e. The number of hydrogen-bond acceptors (Lipinski definition) is 4. The highest BCUT2D eigenvalue weighted by Crippen LogP contribution is 2.26. The summed E-state index contributed by atoms with van der Waals surface area (Å²) in [5.41, 5.74) is -0.0505. The van der Waals surface area contributed by atoms with Crippen LogP contribution in [0.1, 0.15) is 6.42 Å². The minimum Gasteiger partial charge on any atom is -0.493 e. The minimum atomic E-state index is -0.503. The number of nitrogens with zero attached hydrogens (tertiary/aromatic N) is 1. The van der Waals surface area contributed by atoms with Gasteiger partial charge in [0.05, 0.1) is 17.6 Å². The van der Waals surface area contributed by atoms with Gasteiger partial charge in [0.2, 0.25) is 0 Å². The molecule has 0 saturated heterocycles. The average molecular weight is 274 g/mol. The summed E-state index contributed by atoms with van der Waals surface area (Å²) in [7, 11) is 0. The van der Waals surface area contributed by atoms with E-state index < -0.39 is 4.92 Å². The SMILES string of the molecule is O=CCCOc1cc(Br)cc([N+](=O)[O-])c1. The molecule has 0 amide bonds. The molecule has 0 spiro atoms. The van der Waals surface area contributed by atoms with E-state index in [2.05, 4.69) is 15.9 Å². The maximum atomic E-state index is 10.5. The highest BCUT2D eigenvalue weighted by molar-refractivity contribution is 9.10. The monoisotopic (exact) mass is 273 g/mol. The summed E-state index contributed by atoms with van der Waals surface area (Å²) in [6.45, 7) is 0.219. The Morgan fingerprint density at radius 3 is 2.80 bits per heavy atom. The fourth-order valence-electron chi connectivity index (χ4n) is 0.962. The van der Waals surface area contributed by atoms with Gasteiger partial charge in [-0.3, -0.25) is 10.1 Å². The van der Waals surface area contributed by atoms with E-state index in [1.165, 1.54) is 12.1 Å². The van der Waals surface area contributed by atoms with Gasteiger partial charge < -0.3 is 9.53 Å². The minimum absolute atomic E-state index is 0.0505. The molecule has 0 aliphatic heterocycles. The van der Waals surface area contributed by atoms with Crippen LogP contribution in [0.5, 0.6) is 5.75 Å². The van der Waals surface area contributed by atoms with Crippen LogP contribution in [0.3, 0.4) is 0 Å². The second kappa shape index (κ2) is 5.45. The number of halogens is 1. The first-order valence-corrected chi connectivity index (χ1v) is 4.94. The average Bonchev–Trinajstić information content (AvgIpc) is 2.17. The van der Waals surface area contributed by atoms with Crippen LogP contribution in [0, 0.1) is 10.1 Å². The van der Waals surface area contributed by atoms with Crippen molar-refractivity contribution in [2.45, 2.75) is 6.42 Å². The number of benzene rings is 1. The number of carbonyl (C=O) groups excluding carboxylic acids is 1. The third-order valence-corrected chi connectivity index (χ3v) is 2.03. The smallest absolute Gasteiger partial charge is 0.274 e. The second-order valence-electron chi connectivity index (χ2n) is 2.71. The van der Waals surface area contributed by atoms with Crippen molar-refractivity contribution in [1.29, 1.82) is 0 Å². The molecule has 0 aliphatic carbocycles. The zero-order valence-electron chi connectivity index (χ0n) is 7.68. The van der Waals surface area contributed by atoms with Gasteiger partial charge in [-0.1, -0.05) is 15.9 Å². The molecule has 0 unspecified atom stereocenters. The Kier molecular flexibility index (Phi) is 4.23. The van der Waals surface area contributed by atoms with Crippen LogP contribution < -0.4 is 4.74 Å². The molecule has 0 N–H and O–H groups in total. The Balaban J connectivity index is 2.79. The topological polar surface area (TPSA) is 69.4 Å². The molecule has 0 aromatic heterocycles. The fraction of sp³-hybridized carbons (Fsp3) is 0.222. The lowest BCUT2D eigenvalue weighted by molar-refractivity contribution is -0.385. The molecular weight excluding hydrogens is 266 g/mol. The molecule has 0 saturated carbocycles. The molecule has 0 heterocycles. The molecule has 6 heteroatoms. The molecule has 80 valence electrons. The molecule has 5 nitrogen and oxygen atoms in total. The van der Waals surface area contributed by atoms with E-state index >= 15 is 0 Å². The Hall–Kier alpha value is -1.43. The van der Waals surface area contributed by atoms with E-state index in [1.54, 1.807) is 6.07 Å². The quantitative estimate of drug-likeness (QED) is 0.357. The van der Waals surface area contributed by atoms with Crippen molar-refractivity contribution in [1.82, 2.24) is 0 Å². The maximum absolute atomic E-state index is 10.5. The predicted molar refractivity (Wildman–Crippen MR) is 57.0 cm³/mol. The largest absolute Gasteiger partial charge is 0.493 e. The number of ether oxygens (including phenoxy) is 1. The van der Waals surface area contributed by atoms with Crippen LogP contribution in [0.2, 0.25) is 0 Å². The highest BCUT2D eigenvalue weighted by Gasteiger charge is 2.09. The number of carbonyl (C=O) groups is 1. The first-order chi connectivity index (χ1) is 7.13. The van der Waals surface area contributed by atoms with E-state index in [4.69, 9.17) is 4.74 Å². The van der Waals surface area contributed by atoms with Gasteiger partial charge in [0.1, 0.15) is 12.0 Å². The Labute approximate surface area is 94.3 Å². The summed E-state index contributed by atoms with van der Waals surface area (Å²) in [6, 6.07) is 4.31. The van der Waals surface area contributed by atoms with E-state index in [0.29, 0.717) is 10.2 Å². The molecule has 0 atom stereocenters.